The molecule has 0 spiro atoms. The minimum Gasteiger partial charge on any atom is -0.468 e. The number of hydrogen-bond donors (Lipinski definition) is 0. The Morgan fingerprint density at radius 1 is 1.25 bits per heavy atom. The van der Waals surface area contributed by atoms with Crippen molar-refractivity contribution in [1.29, 1.82) is 0 Å². The molecule has 2 rings (SSSR count). The number of imide groups is 1. The Morgan fingerprint density at radius 2 is 1.85 bits per heavy atom. The standard InChI is InChI=1S/C14H22N2O4/c1-20-14(19)10-15(11-4-2-3-5-11)8-9-16-12(17)6-7-13(16)18/h11H,2-10H2,1H3. The molecule has 0 aromatic rings. The van der Waals surface area contributed by atoms with Crippen LogP contribution in [0.15, 0.2) is 0 Å². The number of hydrogen-bond acceptors (Lipinski definition) is 5. The highest BCUT2D eigenvalue weighted by molar-refractivity contribution is 6.01. The molecule has 1 aliphatic carbocycles. The van der Waals surface area contributed by atoms with E-state index in [0.29, 0.717) is 32.0 Å². The average Bonchev–Trinajstić information content (AvgIpc) is 3.06. The van der Waals surface area contributed by atoms with Crippen molar-refractivity contribution in [2.45, 2.75) is 44.6 Å². The van der Waals surface area contributed by atoms with Crippen molar-refractivity contribution < 1.29 is 19.1 Å². The van der Waals surface area contributed by atoms with Crippen LogP contribution in [0.3, 0.4) is 0 Å². The molecular weight excluding hydrogens is 260 g/mol. The first-order valence-corrected chi connectivity index (χ1v) is 7.26. The van der Waals surface area contributed by atoms with Gasteiger partial charge in [0.05, 0.1) is 13.7 Å². The van der Waals surface area contributed by atoms with E-state index in [1.807, 2.05) is 0 Å². The predicted molar refractivity (Wildman–Crippen MR) is 71.8 cm³/mol. The number of amides is 2. The molecular formula is C14H22N2O4. The van der Waals surface area contributed by atoms with Gasteiger partial charge in [-0.25, -0.2) is 0 Å². The second kappa shape index (κ2) is 6.83. The molecule has 112 valence electrons. The van der Waals surface area contributed by atoms with Crippen LogP contribution in [0.4, 0.5) is 0 Å². The molecule has 1 saturated carbocycles. The Bertz CT molecular complexity index is 375. The van der Waals surface area contributed by atoms with Gasteiger partial charge in [0.25, 0.3) is 0 Å². The first-order chi connectivity index (χ1) is 9.61. The number of carbonyl (C=O) groups excluding carboxylic acids is 3. The largest absolute Gasteiger partial charge is 0.468 e. The van der Waals surface area contributed by atoms with Crippen LogP contribution in [-0.2, 0) is 19.1 Å². The summed E-state index contributed by atoms with van der Waals surface area (Å²) in [7, 11) is 1.38. The van der Waals surface area contributed by atoms with Crippen LogP contribution in [-0.4, -0.2) is 60.4 Å². The van der Waals surface area contributed by atoms with Crippen LogP contribution in [0.2, 0.25) is 0 Å². The molecule has 6 heteroatoms. The Kier molecular flexibility index (Phi) is 5.11. The normalized spacial score (nSPS) is 20.2. The molecule has 0 bridgehead atoms. The highest BCUT2D eigenvalue weighted by atomic mass is 16.5. The zero-order valence-corrected chi connectivity index (χ0v) is 12.0. The van der Waals surface area contributed by atoms with Gasteiger partial charge in [-0.05, 0) is 12.8 Å². The van der Waals surface area contributed by atoms with Gasteiger partial charge in [-0.15, -0.1) is 0 Å². The smallest absolute Gasteiger partial charge is 0.319 e. The third-order valence-corrected chi connectivity index (χ3v) is 4.17. The van der Waals surface area contributed by atoms with Gasteiger partial charge in [0, 0.05) is 32.0 Å². The van der Waals surface area contributed by atoms with E-state index in [2.05, 4.69) is 4.90 Å². The molecule has 0 radical (unpaired) electrons. The Morgan fingerprint density at radius 3 is 2.40 bits per heavy atom. The van der Waals surface area contributed by atoms with Crippen LogP contribution in [0.1, 0.15) is 38.5 Å². The van der Waals surface area contributed by atoms with Gasteiger partial charge >= 0.3 is 5.97 Å². The summed E-state index contributed by atoms with van der Waals surface area (Å²) >= 11 is 0. The van der Waals surface area contributed by atoms with E-state index in [0.717, 1.165) is 12.8 Å². The van der Waals surface area contributed by atoms with E-state index in [-0.39, 0.29) is 24.3 Å². The van der Waals surface area contributed by atoms with Crippen molar-refractivity contribution in [1.82, 2.24) is 9.80 Å². The van der Waals surface area contributed by atoms with E-state index in [4.69, 9.17) is 4.74 Å². The lowest BCUT2D eigenvalue weighted by atomic mass is 10.2. The van der Waals surface area contributed by atoms with Crippen molar-refractivity contribution in [3.8, 4) is 0 Å². The van der Waals surface area contributed by atoms with E-state index < -0.39 is 0 Å². The molecule has 2 amide bonds. The lowest BCUT2D eigenvalue weighted by molar-refractivity contribution is -0.142. The highest BCUT2D eigenvalue weighted by Gasteiger charge is 2.31. The van der Waals surface area contributed by atoms with E-state index in [1.54, 1.807) is 0 Å². The van der Waals surface area contributed by atoms with Gasteiger partial charge in [0.15, 0.2) is 0 Å². The van der Waals surface area contributed by atoms with Crippen molar-refractivity contribution in [3.05, 3.63) is 0 Å². The van der Waals surface area contributed by atoms with Crippen LogP contribution in [0.25, 0.3) is 0 Å². The topological polar surface area (TPSA) is 66.9 Å². The molecule has 2 aliphatic rings. The van der Waals surface area contributed by atoms with Gasteiger partial charge < -0.3 is 4.74 Å². The summed E-state index contributed by atoms with van der Waals surface area (Å²) in [6.07, 6.45) is 5.12. The molecule has 20 heavy (non-hydrogen) atoms. The van der Waals surface area contributed by atoms with Gasteiger partial charge in [-0.3, -0.25) is 24.2 Å². The lowest BCUT2D eigenvalue weighted by Crippen LogP contribution is -2.44. The molecule has 0 aromatic carbocycles. The number of likely N-dealkylation sites (tertiary alicyclic amines) is 1. The quantitative estimate of drug-likeness (QED) is 0.526. The molecule has 0 aromatic heterocycles. The zero-order chi connectivity index (χ0) is 14.5. The van der Waals surface area contributed by atoms with Crippen LogP contribution < -0.4 is 0 Å². The summed E-state index contributed by atoms with van der Waals surface area (Å²) in [5.74, 6) is -0.463. The first-order valence-electron chi connectivity index (χ1n) is 7.26. The maximum Gasteiger partial charge on any atom is 0.319 e. The fourth-order valence-electron chi connectivity index (χ4n) is 2.99. The summed E-state index contributed by atoms with van der Waals surface area (Å²) in [5, 5.41) is 0. The van der Waals surface area contributed by atoms with Gasteiger partial charge in [0.1, 0.15) is 0 Å². The lowest BCUT2D eigenvalue weighted by Gasteiger charge is -2.29. The van der Waals surface area contributed by atoms with Crippen LogP contribution >= 0.6 is 0 Å². The first kappa shape index (κ1) is 15.0. The second-order valence-corrected chi connectivity index (χ2v) is 5.42. The maximum atomic E-state index is 11.6. The molecule has 6 nitrogen and oxygen atoms in total. The van der Waals surface area contributed by atoms with Gasteiger partial charge in [-0.1, -0.05) is 12.8 Å². The summed E-state index contributed by atoms with van der Waals surface area (Å²) < 4.78 is 4.73. The highest BCUT2D eigenvalue weighted by Crippen LogP contribution is 2.23. The fourth-order valence-corrected chi connectivity index (χ4v) is 2.99. The summed E-state index contributed by atoms with van der Waals surface area (Å²) in [6, 6.07) is 0.363. The number of esters is 1. The minimum absolute atomic E-state index is 0.0977. The molecule has 1 saturated heterocycles. The Labute approximate surface area is 119 Å². The van der Waals surface area contributed by atoms with E-state index in [1.165, 1.54) is 24.9 Å². The van der Waals surface area contributed by atoms with Crippen molar-refractivity contribution >= 4 is 17.8 Å². The van der Waals surface area contributed by atoms with Gasteiger partial charge in [0.2, 0.25) is 11.8 Å². The van der Waals surface area contributed by atoms with E-state index >= 15 is 0 Å². The van der Waals surface area contributed by atoms with Gasteiger partial charge in [-0.2, -0.15) is 0 Å². The molecule has 0 N–H and O–H groups in total. The fraction of sp³-hybridized carbons (Fsp3) is 0.786. The molecule has 0 atom stereocenters. The third-order valence-electron chi connectivity index (χ3n) is 4.17. The molecule has 0 unspecified atom stereocenters. The maximum absolute atomic E-state index is 11.6. The Balaban J connectivity index is 1.91. The summed E-state index contributed by atoms with van der Waals surface area (Å²) in [6.45, 7) is 1.17. The third kappa shape index (κ3) is 3.56. The Hall–Kier alpha value is -1.43. The SMILES string of the molecule is COC(=O)CN(CCN1C(=O)CCC1=O)C1CCCC1. The van der Waals surface area contributed by atoms with E-state index in [9.17, 15) is 14.4 Å². The van der Waals surface area contributed by atoms with Crippen molar-refractivity contribution in [2.75, 3.05) is 26.7 Å². The van der Waals surface area contributed by atoms with Crippen LogP contribution in [0.5, 0.6) is 0 Å². The average molecular weight is 282 g/mol. The number of nitrogens with zero attached hydrogens (tertiary/aromatic N) is 2. The number of rotatable bonds is 6. The second-order valence-electron chi connectivity index (χ2n) is 5.42. The number of carbonyl (C=O) groups is 3. The van der Waals surface area contributed by atoms with Crippen molar-refractivity contribution in [3.63, 3.8) is 0 Å². The summed E-state index contributed by atoms with van der Waals surface area (Å²) in [4.78, 5) is 38.0. The molecule has 2 fully saturated rings. The predicted octanol–water partition coefficient (Wildman–Crippen LogP) is 0.553. The number of ether oxygens (including phenoxy) is 1. The molecule has 1 heterocycles. The van der Waals surface area contributed by atoms with Crippen molar-refractivity contribution in [2.24, 2.45) is 0 Å². The zero-order valence-electron chi connectivity index (χ0n) is 12.0. The van der Waals surface area contributed by atoms with Crippen LogP contribution in [0, 0.1) is 0 Å². The summed E-state index contributed by atoms with van der Waals surface area (Å²) in [5.41, 5.74) is 0. The minimum atomic E-state index is -0.268. The molecule has 1 aliphatic heterocycles. The number of methoxy groups -OCH3 is 1. The monoisotopic (exact) mass is 282 g/mol.